The molecule has 1 heterocycles. The van der Waals surface area contributed by atoms with Crippen LogP contribution < -0.4 is 0 Å². The molecule has 6 unspecified atom stereocenters. The Morgan fingerprint density at radius 2 is 1.67 bits per heavy atom. The second kappa shape index (κ2) is 4.50. The molecule has 0 amide bonds. The first-order valence-corrected chi connectivity index (χ1v) is 8.95. The Morgan fingerprint density at radius 3 is 2.57 bits per heavy atom. The number of carbonyl (C=O) groups excluding carboxylic acids is 1. The molecule has 0 aromatic carbocycles. The van der Waals surface area contributed by atoms with Crippen molar-refractivity contribution in [3.63, 3.8) is 0 Å². The quantitative estimate of drug-likeness (QED) is 0.619. The number of fused-ring (bicyclic) bond motifs is 7. The van der Waals surface area contributed by atoms with E-state index in [2.05, 4.69) is 0 Å². The number of allylic oxidation sites excluding steroid dienone is 1. The van der Waals surface area contributed by atoms with Gasteiger partial charge in [0.15, 0.2) is 11.9 Å². The van der Waals surface area contributed by atoms with Crippen molar-refractivity contribution < 1.29 is 14.3 Å². The fraction of sp³-hybridized carbons (Fsp3) is 0.833. The van der Waals surface area contributed by atoms with Gasteiger partial charge in [0.25, 0.3) is 0 Å². The predicted molar refractivity (Wildman–Crippen MR) is 77.4 cm³/mol. The first kappa shape index (κ1) is 12.5. The van der Waals surface area contributed by atoms with Gasteiger partial charge in [-0.25, -0.2) is 4.79 Å². The first-order valence-electron chi connectivity index (χ1n) is 8.95. The van der Waals surface area contributed by atoms with E-state index in [9.17, 15) is 4.79 Å². The molecular weight excluding hydrogens is 264 g/mol. The van der Waals surface area contributed by atoms with E-state index >= 15 is 0 Å². The number of carbonyl (C=O) groups is 1. The van der Waals surface area contributed by atoms with Gasteiger partial charge in [0.05, 0.1) is 0 Å². The summed E-state index contributed by atoms with van der Waals surface area (Å²) in [7, 11) is 0. The van der Waals surface area contributed by atoms with Crippen LogP contribution in [0.5, 0.6) is 0 Å². The average molecular weight is 288 g/mol. The second-order valence-electron chi connectivity index (χ2n) is 7.80. The summed E-state index contributed by atoms with van der Waals surface area (Å²) in [5.74, 6) is 4.49. The normalized spacial score (nSPS) is 47.9. The van der Waals surface area contributed by atoms with Crippen molar-refractivity contribution in [1.29, 1.82) is 0 Å². The van der Waals surface area contributed by atoms with Gasteiger partial charge < -0.3 is 9.47 Å². The molecule has 0 bridgehead atoms. The topological polar surface area (TPSA) is 35.5 Å². The zero-order valence-corrected chi connectivity index (χ0v) is 12.6. The molecule has 6 atom stereocenters. The molecule has 21 heavy (non-hydrogen) atoms. The van der Waals surface area contributed by atoms with Gasteiger partial charge in [0.1, 0.15) is 0 Å². The van der Waals surface area contributed by atoms with Crippen molar-refractivity contribution in [2.75, 3.05) is 0 Å². The van der Waals surface area contributed by atoms with Gasteiger partial charge in [-0.3, -0.25) is 0 Å². The molecule has 5 aliphatic rings. The zero-order chi connectivity index (χ0) is 14.0. The van der Waals surface area contributed by atoms with Gasteiger partial charge in [-0.15, -0.1) is 0 Å². The van der Waals surface area contributed by atoms with Gasteiger partial charge in [-0.05, 0) is 67.8 Å². The van der Waals surface area contributed by atoms with Crippen molar-refractivity contribution in [3.8, 4) is 0 Å². The van der Waals surface area contributed by atoms with Crippen LogP contribution in [-0.2, 0) is 9.47 Å². The van der Waals surface area contributed by atoms with Crippen LogP contribution in [0, 0.1) is 29.6 Å². The molecule has 0 radical (unpaired) electrons. The summed E-state index contributed by atoms with van der Waals surface area (Å²) in [5, 5.41) is 0. The number of hydrogen-bond donors (Lipinski definition) is 0. The maximum Gasteiger partial charge on any atom is 0.514 e. The molecule has 1 saturated heterocycles. The lowest BCUT2D eigenvalue weighted by molar-refractivity contribution is 0.0257. The highest BCUT2D eigenvalue weighted by Gasteiger charge is 2.55. The van der Waals surface area contributed by atoms with Crippen LogP contribution in [0.1, 0.15) is 57.8 Å². The van der Waals surface area contributed by atoms with Gasteiger partial charge in [0, 0.05) is 5.92 Å². The van der Waals surface area contributed by atoms with E-state index in [0.717, 1.165) is 17.6 Å². The molecule has 0 aromatic heterocycles. The average Bonchev–Trinajstić information content (AvgIpc) is 3.12. The molecule has 0 N–H and O–H groups in total. The fourth-order valence-corrected chi connectivity index (χ4v) is 6.32. The maximum atomic E-state index is 11.8. The van der Waals surface area contributed by atoms with Crippen LogP contribution in [0.25, 0.3) is 0 Å². The summed E-state index contributed by atoms with van der Waals surface area (Å²) in [5.41, 5.74) is 1.53. The predicted octanol–water partition coefficient (Wildman–Crippen LogP) is 4.42. The third-order valence-corrected chi connectivity index (χ3v) is 7.05. The standard InChI is InChI=1S/C18H24O3/c19-18-20-16-14-6-2-1-5-12(14)13-9-8-10-4-3-7-11(10)15(13)17(16)21-18/h10-14,16H,1-9H2. The molecule has 114 valence electrons. The second-order valence-corrected chi connectivity index (χ2v) is 7.80. The third kappa shape index (κ3) is 1.69. The Morgan fingerprint density at radius 1 is 0.810 bits per heavy atom. The van der Waals surface area contributed by atoms with E-state index in [1.54, 1.807) is 0 Å². The highest BCUT2D eigenvalue weighted by molar-refractivity contribution is 5.66. The van der Waals surface area contributed by atoms with Crippen molar-refractivity contribution in [1.82, 2.24) is 0 Å². The van der Waals surface area contributed by atoms with E-state index in [0.29, 0.717) is 17.8 Å². The van der Waals surface area contributed by atoms with E-state index in [-0.39, 0.29) is 6.10 Å². The number of rotatable bonds is 0. The fourth-order valence-electron chi connectivity index (χ4n) is 6.32. The third-order valence-electron chi connectivity index (χ3n) is 7.05. The molecule has 3 heteroatoms. The van der Waals surface area contributed by atoms with Crippen molar-refractivity contribution in [2.45, 2.75) is 63.9 Å². The lowest BCUT2D eigenvalue weighted by Crippen LogP contribution is -2.44. The molecule has 3 saturated carbocycles. The molecule has 0 spiro atoms. The monoisotopic (exact) mass is 288 g/mol. The molecule has 5 rings (SSSR count). The van der Waals surface area contributed by atoms with E-state index in [4.69, 9.17) is 9.47 Å². The van der Waals surface area contributed by atoms with Crippen LogP contribution in [0.2, 0.25) is 0 Å². The van der Waals surface area contributed by atoms with E-state index in [1.807, 2.05) is 0 Å². The summed E-state index contributed by atoms with van der Waals surface area (Å²) in [4.78, 5) is 11.8. The minimum atomic E-state index is -0.437. The zero-order valence-electron chi connectivity index (χ0n) is 12.6. The summed E-state index contributed by atoms with van der Waals surface area (Å²) in [6, 6.07) is 0. The van der Waals surface area contributed by atoms with Gasteiger partial charge in [-0.2, -0.15) is 0 Å². The maximum absolute atomic E-state index is 11.8. The Labute approximate surface area is 126 Å². The minimum Gasteiger partial charge on any atom is -0.422 e. The number of ether oxygens (including phenoxy) is 2. The van der Waals surface area contributed by atoms with E-state index in [1.165, 1.54) is 63.4 Å². The summed E-state index contributed by atoms with van der Waals surface area (Å²) < 4.78 is 11.2. The van der Waals surface area contributed by atoms with Gasteiger partial charge in [-0.1, -0.05) is 19.3 Å². The lowest BCUT2D eigenvalue weighted by atomic mass is 9.57. The largest absolute Gasteiger partial charge is 0.514 e. The van der Waals surface area contributed by atoms with Crippen LogP contribution in [0.4, 0.5) is 4.79 Å². The molecule has 4 fully saturated rings. The minimum absolute atomic E-state index is 0.0339. The Hall–Kier alpha value is -0.990. The smallest absolute Gasteiger partial charge is 0.422 e. The van der Waals surface area contributed by atoms with Gasteiger partial charge in [0.2, 0.25) is 0 Å². The Bertz CT molecular complexity index is 509. The van der Waals surface area contributed by atoms with E-state index < -0.39 is 6.16 Å². The lowest BCUT2D eigenvalue weighted by Gasteiger charge is -2.48. The van der Waals surface area contributed by atoms with Gasteiger partial charge >= 0.3 is 6.16 Å². The SMILES string of the molecule is O=C1OC2=C3C4CCCC4CCC3C3CCCCC3C2O1. The molecule has 0 aromatic rings. The Balaban J connectivity index is 1.62. The highest BCUT2D eigenvalue weighted by Crippen LogP contribution is 2.59. The van der Waals surface area contributed by atoms with Crippen LogP contribution in [0.15, 0.2) is 11.3 Å². The van der Waals surface area contributed by atoms with Crippen molar-refractivity contribution in [2.24, 2.45) is 29.6 Å². The van der Waals surface area contributed by atoms with Crippen LogP contribution in [0.3, 0.4) is 0 Å². The first-order chi connectivity index (χ1) is 10.3. The van der Waals surface area contributed by atoms with Crippen molar-refractivity contribution in [3.05, 3.63) is 11.3 Å². The summed E-state index contributed by atoms with van der Waals surface area (Å²) >= 11 is 0. The van der Waals surface area contributed by atoms with Crippen molar-refractivity contribution >= 4 is 6.16 Å². The molecule has 3 nitrogen and oxygen atoms in total. The Kier molecular flexibility index (Phi) is 2.69. The molecule has 1 aliphatic heterocycles. The number of hydrogen-bond acceptors (Lipinski definition) is 3. The summed E-state index contributed by atoms with van der Waals surface area (Å²) in [6.07, 6.45) is 11.5. The highest BCUT2D eigenvalue weighted by atomic mass is 16.8. The van der Waals surface area contributed by atoms with Crippen LogP contribution >= 0.6 is 0 Å². The molecular formula is C18H24O3. The molecule has 4 aliphatic carbocycles. The summed E-state index contributed by atoms with van der Waals surface area (Å²) in [6.45, 7) is 0. The van der Waals surface area contributed by atoms with Crippen LogP contribution in [-0.4, -0.2) is 12.3 Å².